The molecule has 0 spiro atoms. The van der Waals surface area contributed by atoms with E-state index in [1.54, 1.807) is 16.0 Å². The lowest BCUT2D eigenvalue weighted by atomic mass is 10.1. The summed E-state index contributed by atoms with van der Waals surface area (Å²) in [4.78, 5) is 11.2. The molecule has 8 heteroatoms. The normalized spacial score (nSPS) is 17.4. The second kappa shape index (κ2) is 4.97. The molecule has 2 aromatic rings. The molecular weight excluding hydrogens is 282 g/mol. The van der Waals surface area contributed by atoms with Gasteiger partial charge in [0, 0.05) is 10.4 Å². The van der Waals surface area contributed by atoms with Gasteiger partial charge in [0.25, 0.3) is 0 Å². The van der Waals surface area contributed by atoms with Crippen molar-refractivity contribution in [2.45, 2.75) is 19.3 Å². The molecule has 7 nitrogen and oxygen atoms in total. The lowest BCUT2D eigenvalue weighted by Crippen LogP contribution is -2.21. The van der Waals surface area contributed by atoms with Crippen molar-refractivity contribution >= 4 is 17.0 Å². The number of rotatable bonds is 4. The second-order valence-corrected chi connectivity index (χ2v) is 5.59. The SMILES string of the molecule is CC1(c2csc(Cn3cc([N+](=O)[O-])cn3)c2)OCCO1. The van der Waals surface area contributed by atoms with Gasteiger partial charge in [0.05, 0.1) is 24.7 Å². The van der Waals surface area contributed by atoms with Crippen molar-refractivity contribution in [3.63, 3.8) is 0 Å². The first kappa shape index (κ1) is 13.2. The highest BCUT2D eigenvalue weighted by Gasteiger charge is 2.33. The quantitative estimate of drug-likeness (QED) is 0.637. The third kappa shape index (κ3) is 2.45. The lowest BCUT2D eigenvalue weighted by molar-refractivity contribution is -0.385. The van der Waals surface area contributed by atoms with Gasteiger partial charge in [-0.2, -0.15) is 5.10 Å². The highest BCUT2D eigenvalue weighted by atomic mass is 32.1. The fraction of sp³-hybridized carbons (Fsp3) is 0.417. The average Bonchev–Trinajstić information content (AvgIpc) is 3.10. The Kier molecular flexibility index (Phi) is 3.28. The van der Waals surface area contributed by atoms with Gasteiger partial charge in [-0.3, -0.25) is 14.8 Å². The number of nitro groups is 1. The van der Waals surface area contributed by atoms with Crippen LogP contribution in [0.4, 0.5) is 5.69 Å². The van der Waals surface area contributed by atoms with E-state index >= 15 is 0 Å². The fourth-order valence-electron chi connectivity index (χ4n) is 2.08. The van der Waals surface area contributed by atoms with Gasteiger partial charge in [0.2, 0.25) is 0 Å². The maximum atomic E-state index is 10.6. The van der Waals surface area contributed by atoms with Crippen LogP contribution in [0.5, 0.6) is 0 Å². The molecule has 1 aliphatic heterocycles. The van der Waals surface area contributed by atoms with Gasteiger partial charge >= 0.3 is 5.69 Å². The first-order chi connectivity index (χ1) is 9.57. The standard InChI is InChI=1S/C12H13N3O4S/c1-12(18-2-3-19-12)9-4-11(20-8-9)7-14-6-10(5-13-14)15(16)17/h4-6,8H,2-3,7H2,1H3. The Bertz CT molecular complexity index is 630. The van der Waals surface area contributed by atoms with Gasteiger partial charge in [-0.25, -0.2) is 0 Å². The van der Waals surface area contributed by atoms with E-state index in [0.717, 1.165) is 10.4 Å². The Labute approximate surface area is 118 Å². The van der Waals surface area contributed by atoms with Crippen LogP contribution in [-0.4, -0.2) is 27.9 Å². The molecule has 2 aromatic heterocycles. The minimum Gasteiger partial charge on any atom is -0.344 e. The molecule has 3 heterocycles. The smallest absolute Gasteiger partial charge is 0.307 e. The van der Waals surface area contributed by atoms with Gasteiger partial charge in [0.1, 0.15) is 12.4 Å². The number of aromatic nitrogens is 2. The third-order valence-electron chi connectivity index (χ3n) is 3.16. The topological polar surface area (TPSA) is 79.4 Å². The zero-order valence-electron chi connectivity index (χ0n) is 10.8. The Morgan fingerprint density at radius 1 is 1.55 bits per heavy atom. The second-order valence-electron chi connectivity index (χ2n) is 4.60. The third-order valence-corrected chi connectivity index (χ3v) is 4.09. The minimum atomic E-state index is -0.676. The number of hydrogen-bond donors (Lipinski definition) is 0. The molecule has 0 N–H and O–H groups in total. The van der Waals surface area contributed by atoms with E-state index in [0.29, 0.717) is 19.8 Å². The molecule has 1 aliphatic rings. The molecule has 0 unspecified atom stereocenters. The van der Waals surface area contributed by atoms with Crippen LogP contribution in [0.15, 0.2) is 23.8 Å². The van der Waals surface area contributed by atoms with Gasteiger partial charge < -0.3 is 9.47 Å². The maximum absolute atomic E-state index is 10.6. The summed E-state index contributed by atoms with van der Waals surface area (Å²) in [6, 6.07) is 1.99. The molecule has 0 aliphatic carbocycles. The number of ether oxygens (including phenoxy) is 2. The van der Waals surface area contributed by atoms with E-state index in [4.69, 9.17) is 9.47 Å². The average molecular weight is 295 g/mol. The molecule has 0 radical (unpaired) electrons. The number of nitrogens with zero attached hydrogens (tertiary/aromatic N) is 3. The summed E-state index contributed by atoms with van der Waals surface area (Å²) in [5.74, 6) is -0.676. The van der Waals surface area contributed by atoms with Crippen LogP contribution in [0.1, 0.15) is 17.4 Å². The molecule has 0 aromatic carbocycles. The highest BCUT2D eigenvalue weighted by Crippen LogP contribution is 2.33. The van der Waals surface area contributed by atoms with Crippen molar-refractivity contribution < 1.29 is 14.4 Å². The van der Waals surface area contributed by atoms with Crippen LogP contribution in [0.25, 0.3) is 0 Å². The summed E-state index contributed by atoms with van der Waals surface area (Å²) < 4.78 is 12.7. The van der Waals surface area contributed by atoms with Gasteiger partial charge in [0.15, 0.2) is 5.79 Å². The predicted molar refractivity (Wildman–Crippen MR) is 71.6 cm³/mol. The monoisotopic (exact) mass is 295 g/mol. The maximum Gasteiger partial charge on any atom is 0.307 e. The van der Waals surface area contributed by atoms with Crippen molar-refractivity contribution in [3.8, 4) is 0 Å². The molecule has 106 valence electrons. The first-order valence-electron chi connectivity index (χ1n) is 6.09. The van der Waals surface area contributed by atoms with Crippen molar-refractivity contribution in [1.29, 1.82) is 0 Å². The van der Waals surface area contributed by atoms with Crippen molar-refractivity contribution in [1.82, 2.24) is 9.78 Å². The summed E-state index contributed by atoms with van der Waals surface area (Å²) in [5.41, 5.74) is 0.966. The first-order valence-corrected chi connectivity index (χ1v) is 6.97. The molecule has 0 atom stereocenters. The molecule has 3 rings (SSSR count). The van der Waals surface area contributed by atoms with E-state index in [9.17, 15) is 10.1 Å². The molecule has 0 saturated carbocycles. The Morgan fingerprint density at radius 3 is 2.95 bits per heavy atom. The van der Waals surface area contributed by atoms with Gasteiger partial charge in [-0.15, -0.1) is 11.3 Å². The van der Waals surface area contributed by atoms with Crippen LogP contribution in [-0.2, 0) is 21.8 Å². The molecular formula is C12H13N3O4S. The van der Waals surface area contributed by atoms with Crippen LogP contribution < -0.4 is 0 Å². The fourth-order valence-corrected chi connectivity index (χ4v) is 3.04. The molecule has 1 saturated heterocycles. The molecule has 0 amide bonds. The van der Waals surface area contributed by atoms with Crippen molar-refractivity contribution in [2.24, 2.45) is 0 Å². The number of hydrogen-bond acceptors (Lipinski definition) is 6. The van der Waals surface area contributed by atoms with Crippen LogP contribution in [0.3, 0.4) is 0 Å². The van der Waals surface area contributed by atoms with E-state index in [1.165, 1.54) is 12.4 Å². The zero-order valence-corrected chi connectivity index (χ0v) is 11.6. The molecule has 1 fully saturated rings. The summed E-state index contributed by atoms with van der Waals surface area (Å²) in [7, 11) is 0. The molecule has 20 heavy (non-hydrogen) atoms. The van der Waals surface area contributed by atoms with Crippen molar-refractivity contribution in [2.75, 3.05) is 13.2 Å². The largest absolute Gasteiger partial charge is 0.344 e. The predicted octanol–water partition coefficient (Wildman–Crippen LogP) is 2.12. The van der Waals surface area contributed by atoms with E-state index < -0.39 is 10.7 Å². The summed E-state index contributed by atoms with van der Waals surface area (Å²) in [6.45, 7) is 3.57. The van der Waals surface area contributed by atoms with Gasteiger partial charge in [-0.1, -0.05) is 0 Å². The van der Waals surface area contributed by atoms with Crippen LogP contribution in [0, 0.1) is 10.1 Å². The lowest BCUT2D eigenvalue weighted by Gasteiger charge is -2.20. The highest BCUT2D eigenvalue weighted by molar-refractivity contribution is 7.10. The Morgan fingerprint density at radius 2 is 2.30 bits per heavy atom. The van der Waals surface area contributed by atoms with Crippen LogP contribution in [0.2, 0.25) is 0 Å². The number of thiophene rings is 1. The Balaban J connectivity index is 1.75. The van der Waals surface area contributed by atoms with E-state index in [-0.39, 0.29) is 5.69 Å². The van der Waals surface area contributed by atoms with E-state index in [1.807, 2.05) is 18.4 Å². The van der Waals surface area contributed by atoms with Gasteiger partial charge in [-0.05, 0) is 18.4 Å². The van der Waals surface area contributed by atoms with E-state index in [2.05, 4.69) is 5.10 Å². The van der Waals surface area contributed by atoms with Crippen molar-refractivity contribution in [3.05, 3.63) is 44.4 Å². The Hall–Kier alpha value is -1.77. The minimum absolute atomic E-state index is 0.00352. The zero-order chi connectivity index (χ0) is 14.2. The summed E-state index contributed by atoms with van der Waals surface area (Å²) >= 11 is 1.56. The molecule has 0 bridgehead atoms. The summed E-state index contributed by atoms with van der Waals surface area (Å²) in [5, 5.41) is 16.6. The van der Waals surface area contributed by atoms with Crippen LogP contribution >= 0.6 is 11.3 Å². The summed E-state index contributed by atoms with van der Waals surface area (Å²) in [6.07, 6.45) is 2.67.